The molecule has 0 aromatic carbocycles. The van der Waals surface area contributed by atoms with Crippen LogP contribution in [0.25, 0.3) is 0 Å². The molecule has 0 aliphatic carbocycles. The van der Waals surface area contributed by atoms with E-state index in [1.807, 2.05) is 0 Å². The Morgan fingerprint density at radius 3 is 1.29 bits per heavy atom. The largest absolute Gasteiger partial charge is 0.473 e. The van der Waals surface area contributed by atoms with E-state index in [4.69, 9.17) is 20.3 Å². The Balaban J connectivity index is 3.34. The molecule has 0 atom stereocenters. The Morgan fingerprint density at radius 2 is 0.917 bits per heavy atom. The summed E-state index contributed by atoms with van der Waals surface area (Å²) in [5, 5.41) is 15.7. The Labute approximate surface area is 156 Å². The first-order chi connectivity index (χ1) is 11.7. The lowest BCUT2D eigenvalue weighted by Gasteiger charge is -2.08. The fourth-order valence-corrected chi connectivity index (χ4v) is 3.38. The maximum Gasteiger partial charge on any atom is 0.254 e. The number of rotatable bonds is 14. The van der Waals surface area contributed by atoms with Gasteiger partial charge in [0.05, 0.1) is 13.2 Å². The summed E-state index contributed by atoms with van der Waals surface area (Å²) in [5.74, 6) is 0. The van der Waals surface area contributed by atoms with Crippen molar-refractivity contribution < 1.29 is 9.47 Å². The lowest BCUT2D eigenvalue weighted by Crippen LogP contribution is -2.02. The number of ether oxygens (including phenoxy) is 2. The molecule has 4 nitrogen and oxygen atoms in total. The summed E-state index contributed by atoms with van der Waals surface area (Å²) in [6.07, 6.45) is 14.6. The Kier molecular flexibility index (Phi) is 18.7. The number of nitrogens with one attached hydrogen (secondary N) is 2. The highest BCUT2D eigenvalue weighted by Crippen LogP contribution is 2.24. The van der Waals surface area contributed by atoms with E-state index < -0.39 is 0 Å². The van der Waals surface area contributed by atoms with Crippen LogP contribution < -0.4 is 0 Å². The first kappa shape index (κ1) is 23.6. The molecule has 0 saturated heterocycles. The van der Waals surface area contributed by atoms with Gasteiger partial charge in [0.25, 0.3) is 10.5 Å². The van der Waals surface area contributed by atoms with Gasteiger partial charge in [-0.1, -0.05) is 78.1 Å². The zero-order valence-corrected chi connectivity index (χ0v) is 17.2. The summed E-state index contributed by atoms with van der Waals surface area (Å²) in [4.78, 5) is 0. The van der Waals surface area contributed by atoms with Crippen molar-refractivity contribution in [2.45, 2.75) is 90.9 Å². The number of unbranched alkanes of at least 4 members (excludes halogenated alkanes) is 10. The summed E-state index contributed by atoms with van der Waals surface area (Å²) in [6, 6.07) is 0. The van der Waals surface area contributed by atoms with Gasteiger partial charge in [0.1, 0.15) is 0 Å². The zero-order valence-electron chi connectivity index (χ0n) is 15.5. The fraction of sp³-hybridized carbons (Fsp3) is 0.889. The van der Waals surface area contributed by atoms with E-state index in [-0.39, 0.29) is 10.5 Å². The molecular weight excluding hydrogens is 340 g/mol. The van der Waals surface area contributed by atoms with Crippen molar-refractivity contribution in [2.24, 2.45) is 0 Å². The van der Waals surface area contributed by atoms with Crippen molar-refractivity contribution >= 4 is 32.0 Å². The van der Waals surface area contributed by atoms with Crippen LogP contribution in [0.3, 0.4) is 0 Å². The third-order valence-corrected chi connectivity index (χ3v) is 5.44. The highest BCUT2D eigenvalue weighted by atomic mass is 33.1. The van der Waals surface area contributed by atoms with Crippen LogP contribution in [0.15, 0.2) is 0 Å². The van der Waals surface area contributed by atoms with Gasteiger partial charge >= 0.3 is 0 Å². The second-order valence-electron chi connectivity index (χ2n) is 5.97. The van der Waals surface area contributed by atoms with Crippen LogP contribution in [0.2, 0.25) is 0 Å². The lowest BCUT2D eigenvalue weighted by molar-refractivity contribution is 0.298. The molecule has 0 saturated carbocycles. The van der Waals surface area contributed by atoms with E-state index in [1.54, 1.807) is 0 Å². The van der Waals surface area contributed by atoms with Gasteiger partial charge in [-0.05, 0) is 12.8 Å². The standard InChI is InChI=1S/C18H36N2O2S2/c1-3-5-7-9-11-13-15-21-17(19)23-24-18(20)22-16-14-12-10-8-6-4-2/h19-20H,3-16H2,1-2H3. The van der Waals surface area contributed by atoms with Crippen molar-refractivity contribution in [3.05, 3.63) is 0 Å². The minimum absolute atomic E-state index is 0.168. The van der Waals surface area contributed by atoms with E-state index in [0.717, 1.165) is 34.4 Å². The van der Waals surface area contributed by atoms with Crippen LogP contribution in [0.1, 0.15) is 90.9 Å². The van der Waals surface area contributed by atoms with E-state index in [9.17, 15) is 0 Å². The zero-order chi connectivity index (χ0) is 17.9. The first-order valence-corrected chi connectivity index (χ1v) is 11.6. The van der Waals surface area contributed by atoms with Crippen LogP contribution in [0, 0.1) is 10.8 Å². The monoisotopic (exact) mass is 376 g/mol. The van der Waals surface area contributed by atoms with Crippen LogP contribution in [0.4, 0.5) is 0 Å². The first-order valence-electron chi connectivity index (χ1n) is 9.47. The average Bonchev–Trinajstić information content (AvgIpc) is 2.58. The van der Waals surface area contributed by atoms with Gasteiger partial charge in [-0.25, -0.2) is 0 Å². The minimum Gasteiger partial charge on any atom is -0.473 e. The third-order valence-electron chi connectivity index (χ3n) is 3.66. The van der Waals surface area contributed by atoms with Crippen molar-refractivity contribution in [3.63, 3.8) is 0 Å². The molecule has 0 amide bonds. The molecular formula is C18H36N2O2S2. The predicted octanol–water partition coefficient (Wildman–Crippen LogP) is 6.99. The molecule has 6 heteroatoms. The van der Waals surface area contributed by atoms with Gasteiger partial charge in [-0.3, -0.25) is 10.8 Å². The van der Waals surface area contributed by atoms with Crippen LogP contribution in [0.5, 0.6) is 0 Å². The third kappa shape index (κ3) is 18.0. The second kappa shape index (κ2) is 19.0. The average molecular weight is 377 g/mol. The van der Waals surface area contributed by atoms with Crippen molar-refractivity contribution in [3.8, 4) is 0 Å². The molecule has 0 bridgehead atoms. The van der Waals surface area contributed by atoms with Crippen molar-refractivity contribution in [1.29, 1.82) is 10.8 Å². The quantitative estimate of drug-likeness (QED) is 0.148. The number of hydrogen-bond donors (Lipinski definition) is 2. The molecule has 0 rings (SSSR count). The summed E-state index contributed by atoms with van der Waals surface area (Å²) in [7, 11) is 2.32. The topological polar surface area (TPSA) is 66.2 Å². The normalized spacial score (nSPS) is 10.6. The molecule has 0 radical (unpaired) electrons. The highest BCUT2D eigenvalue weighted by molar-refractivity contribution is 8.87. The lowest BCUT2D eigenvalue weighted by atomic mass is 10.1. The van der Waals surface area contributed by atoms with Crippen LogP contribution >= 0.6 is 21.6 Å². The van der Waals surface area contributed by atoms with E-state index in [1.165, 1.54) is 64.2 Å². The smallest absolute Gasteiger partial charge is 0.254 e. The Morgan fingerprint density at radius 1 is 0.583 bits per heavy atom. The van der Waals surface area contributed by atoms with Crippen molar-refractivity contribution in [1.82, 2.24) is 0 Å². The summed E-state index contributed by atoms with van der Waals surface area (Å²) in [5.41, 5.74) is 0. The Hall–Kier alpha value is -0.360. The van der Waals surface area contributed by atoms with Crippen molar-refractivity contribution in [2.75, 3.05) is 13.2 Å². The molecule has 0 aromatic heterocycles. The maximum atomic E-state index is 7.70. The maximum absolute atomic E-state index is 7.70. The van der Waals surface area contributed by atoms with Gasteiger partial charge in [0.2, 0.25) is 0 Å². The van der Waals surface area contributed by atoms with Gasteiger partial charge < -0.3 is 9.47 Å². The Bertz CT molecular complexity index is 285. The molecule has 24 heavy (non-hydrogen) atoms. The SMILES string of the molecule is CCCCCCCCOC(=N)SSC(=N)OCCCCCCCC. The van der Waals surface area contributed by atoms with E-state index >= 15 is 0 Å². The van der Waals surface area contributed by atoms with E-state index in [2.05, 4.69) is 13.8 Å². The molecule has 0 heterocycles. The highest BCUT2D eigenvalue weighted by Gasteiger charge is 2.05. The fourth-order valence-electron chi connectivity index (χ4n) is 2.22. The molecule has 2 N–H and O–H groups in total. The van der Waals surface area contributed by atoms with Crippen LogP contribution in [-0.4, -0.2) is 23.7 Å². The second-order valence-corrected chi connectivity index (χ2v) is 8.05. The molecule has 0 unspecified atom stereocenters. The van der Waals surface area contributed by atoms with Crippen LogP contribution in [-0.2, 0) is 9.47 Å². The van der Waals surface area contributed by atoms with E-state index in [0.29, 0.717) is 13.2 Å². The predicted molar refractivity (Wildman–Crippen MR) is 109 cm³/mol. The molecule has 0 spiro atoms. The summed E-state index contributed by atoms with van der Waals surface area (Å²) < 4.78 is 10.7. The number of hydrogen-bond acceptors (Lipinski definition) is 6. The molecule has 0 aromatic rings. The summed E-state index contributed by atoms with van der Waals surface area (Å²) >= 11 is 0. The van der Waals surface area contributed by atoms with Gasteiger partial charge in [0.15, 0.2) is 0 Å². The molecule has 0 fully saturated rings. The minimum atomic E-state index is 0.168. The van der Waals surface area contributed by atoms with Gasteiger partial charge in [-0.15, -0.1) is 0 Å². The van der Waals surface area contributed by atoms with Gasteiger partial charge in [0, 0.05) is 21.6 Å². The molecule has 0 aliphatic heterocycles. The summed E-state index contributed by atoms with van der Waals surface area (Å²) in [6.45, 7) is 5.64. The molecule has 0 aliphatic rings. The molecule has 142 valence electrons. The van der Waals surface area contributed by atoms with Gasteiger partial charge in [-0.2, -0.15) is 0 Å².